The van der Waals surface area contributed by atoms with Gasteiger partial charge in [-0.1, -0.05) is 0 Å². The van der Waals surface area contributed by atoms with Crippen molar-refractivity contribution in [2.24, 2.45) is 0 Å². The van der Waals surface area contributed by atoms with Crippen molar-refractivity contribution in [3.05, 3.63) is 12.0 Å². The van der Waals surface area contributed by atoms with Gasteiger partial charge in [0.15, 0.2) is 0 Å². The molecule has 0 saturated carbocycles. The van der Waals surface area contributed by atoms with Gasteiger partial charge in [0.25, 0.3) is 5.95 Å². The quantitative estimate of drug-likeness (QED) is 0.303. The van der Waals surface area contributed by atoms with Crippen LogP contribution in [0, 0.1) is 0 Å². The standard InChI is InChI=1S/C6H14N2O2/c1-8(2,3)7-5-4-6(9)10/h4,7H,5H2,1-3H3,(H-,9,10)/p+1. The van der Waals surface area contributed by atoms with Gasteiger partial charge in [0.1, 0.15) is 0 Å². The Morgan fingerprint density at radius 3 is 2.20 bits per heavy atom. The van der Waals surface area contributed by atoms with Crippen molar-refractivity contribution in [2.75, 3.05) is 27.7 Å². The average Bonchev–Trinajstić information content (AvgIpc) is 1.59. The van der Waals surface area contributed by atoms with E-state index < -0.39 is 5.95 Å². The minimum absolute atomic E-state index is 0.450. The molecule has 0 spiro atoms. The van der Waals surface area contributed by atoms with Crippen molar-refractivity contribution in [3.8, 4) is 0 Å². The Balaban J connectivity index is 3.47. The van der Waals surface area contributed by atoms with Crippen LogP contribution in [-0.4, -0.2) is 42.5 Å². The average molecular weight is 147 g/mol. The summed E-state index contributed by atoms with van der Waals surface area (Å²) in [5, 5.41) is 16.6. The molecular weight excluding hydrogens is 132 g/mol. The van der Waals surface area contributed by atoms with E-state index in [0.717, 1.165) is 0 Å². The number of quaternary nitrogens is 1. The minimum atomic E-state index is -0.638. The molecule has 4 heteroatoms. The van der Waals surface area contributed by atoms with Crippen LogP contribution in [0.15, 0.2) is 12.0 Å². The zero-order valence-corrected chi connectivity index (χ0v) is 6.63. The molecule has 0 unspecified atom stereocenters. The van der Waals surface area contributed by atoms with Gasteiger partial charge in [-0.25, -0.2) is 0 Å². The lowest BCUT2D eigenvalue weighted by Crippen LogP contribution is -2.47. The molecule has 0 saturated heterocycles. The molecule has 0 atom stereocenters. The zero-order valence-electron chi connectivity index (χ0n) is 6.63. The van der Waals surface area contributed by atoms with E-state index in [1.54, 1.807) is 0 Å². The van der Waals surface area contributed by atoms with Gasteiger partial charge in [0, 0.05) is 6.08 Å². The van der Waals surface area contributed by atoms with Crippen LogP contribution in [0.25, 0.3) is 0 Å². The molecule has 3 N–H and O–H groups in total. The Bertz CT molecular complexity index is 122. The van der Waals surface area contributed by atoms with E-state index in [4.69, 9.17) is 10.2 Å². The smallest absolute Gasteiger partial charge is 0.271 e. The fourth-order valence-corrected chi connectivity index (χ4v) is 0.411. The molecule has 60 valence electrons. The maximum absolute atomic E-state index is 8.32. The summed E-state index contributed by atoms with van der Waals surface area (Å²) in [5.41, 5.74) is 2.99. The molecule has 0 bridgehead atoms. The topological polar surface area (TPSA) is 52.5 Å². The van der Waals surface area contributed by atoms with Gasteiger partial charge >= 0.3 is 0 Å². The molecular formula is C6H15N2O2+. The van der Waals surface area contributed by atoms with Crippen LogP contribution in [-0.2, 0) is 0 Å². The van der Waals surface area contributed by atoms with Gasteiger partial charge in [-0.15, -0.1) is 0 Å². The maximum atomic E-state index is 8.32. The Kier molecular flexibility index (Phi) is 3.18. The van der Waals surface area contributed by atoms with Gasteiger partial charge in [0.05, 0.1) is 27.7 Å². The van der Waals surface area contributed by atoms with E-state index in [1.165, 1.54) is 6.08 Å². The lowest BCUT2D eigenvalue weighted by atomic mass is 10.6. The molecule has 0 fully saturated rings. The zero-order chi connectivity index (χ0) is 8.20. The second kappa shape index (κ2) is 3.43. The highest BCUT2D eigenvalue weighted by molar-refractivity contribution is 4.79. The van der Waals surface area contributed by atoms with Crippen LogP contribution >= 0.6 is 0 Å². The fourth-order valence-electron chi connectivity index (χ4n) is 0.411. The summed E-state index contributed by atoms with van der Waals surface area (Å²) < 4.78 is 0.587. The van der Waals surface area contributed by atoms with Crippen LogP contribution in [0.3, 0.4) is 0 Å². The van der Waals surface area contributed by atoms with Crippen molar-refractivity contribution in [2.45, 2.75) is 0 Å². The first-order valence-corrected chi connectivity index (χ1v) is 3.06. The summed E-state index contributed by atoms with van der Waals surface area (Å²) in [4.78, 5) is 0. The second-order valence-corrected chi connectivity index (χ2v) is 2.94. The maximum Gasteiger partial charge on any atom is 0.271 e. The van der Waals surface area contributed by atoms with Crippen LogP contribution in [0.1, 0.15) is 0 Å². The van der Waals surface area contributed by atoms with Gasteiger partial charge in [-0.2, -0.15) is 5.43 Å². The van der Waals surface area contributed by atoms with E-state index in [0.29, 0.717) is 11.1 Å². The fraction of sp³-hybridized carbons (Fsp3) is 0.667. The summed E-state index contributed by atoms with van der Waals surface area (Å²) in [7, 11) is 5.84. The van der Waals surface area contributed by atoms with Crippen molar-refractivity contribution in [1.82, 2.24) is 5.43 Å². The Morgan fingerprint density at radius 2 is 1.90 bits per heavy atom. The molecule has 10 heavy (non-hydrogen) atoms. The highest BCUT2D eigenvalue weighted by atomic mass is 16.5. The molecule has 0 aromatic heterocycles. The number of hydrogen-bond acceptors (Lipinski definition) is 3. The number of aliphatic hydroxyl groups excluding tert-OH is 1. The van der Waals surface area contributed by atoms with Crippen molar-refractivity contribution in [3.63, 3.8) is 0 Å². The molecule has 0 aliphatic rings. The molecule has 0 rings (SSSR count). The monoisotopic (exact) mass is 147 g/mol. The van der Waals surface area contributed by atoms with Gasteiger partial charge < -0.3 is 10.2 Å². The number of aliphatic hydroxyl groups is 2. The van der Waals surface area contributed by atoms with E-state index >= 15 is 0 Å². The summed E-state index contributed by atoms with van der Waals surface area (Å²) >= 11 is 0. The number of hydrogen-bond donors (Lipinski definition) is 3. The number of rotatable bonds is 3. The third kappa shape index (κ3) is 7.26. The Hall–Kier alpha value is -0.740. The van der Waals surface area contributed by atoms with Crippen LogP contribution < -0.4 is 5.43 Å². The summed E-state index contributed by atoms with van der Waals surface area (Å²) in [6.07, 6.45) is 1.30. The van der Waals surface area contributed by atoms with E-state index in [-0.39, 0.29) is 0 Å². The molecule has 0 aliphatic heterocycles. The Labute approximate surface area is 61.0 Å². The molecule has 0 heterocycles. The van der Waals surface area contributed by atoms with E-state index in [1.807, 2.05) is 21.1 Å². The third-order valence-corrected chi connectivity index (χ3v) is 0.850. The summed E-state index contributed by atoms with van der Waals surface area (Å²) in [5.74, 6) is -0.638. The van der Waals surface area contributed by atoms with Crippen molar-refractivity contribution >= 4 is 0 Å². The minimum Gasteiger partial charge on any atom is -0.481 e. The predicted octanol–water partition coefficient (Wildman–Crippen LogP) is 0.155. The van der Waals surface area contributed by atoms with Gasteiger partial charge in [-0.3, -0.25) is 4.59 Å². The Morgan fingerprint density at radius 1 is 1.40 bits per heavy atom. The van der Waals surface area contributed by atoms with E-state index in [2.05, 4.69) is 5.43 Å². The van der Waals surface area contributed by atoms with Crippen LogP contribution in [0.4, 0.5) is 0 Å². The second-order valence-electron chi connectivity index (χ2n) is 2.94. The van der Waals surface area contributed by atoms with Gasteiger partial charge in [-0.05, 0) is 0 Å². The number of nitrogens with zero attached hydrogens (tertiary/aromatic N) is 1. The molecule has 4 nitrogen and oxygen atoms in total. The van der Waals surface area contributed by atoms with Gasteiger partial charge in [0.2, 0.25) is 0 Å². The molecule has 0 radical (unpaired) electrons. The van der Waals surface area contributed by atoms with Crippen molar-refractivity contribution in [1.29, 1.82) is 0 Å². The van der Waals surface area contributed by atoms with E-state index in [9.17, 15) is 0 Å². The highest BCUT2D eigenvalue weighted by Crippen LogP contribution is 1.82. The number of nitrogens with one attached hydrogen (secondary N) is 1. The molecule has 0 amide bonds. The predicted molar refractivity (Wildman–Crippen MR) is 39.4 cm³/mol. The SMILES string of the molecule is C[N+](C)(C)NCC=C(O)O. The first-order valence-electron chi connectivity index (χ1n) is 3.06. The molecule has 0 aromatic rings. The normalized spacial score (nSPS) is 11.1. The first-order chi connectivity index (χ1) is 4.42. The highest BCUT2D eigenvalue weighted by Gasteiger charge is 2.02. The summed E-state index contributed by atoms with van der Waals surface area (Å²) in [6, 6.07) is 0. The lowest BCUT2D eigenvalue weighted by Gasteiger charge is -2.22. The largest absolute Gasteiger partial charge is 0.481 e. The third-order valence-electron chi connectivity index (χ3n) is 0.850. The van der Waals surface area contributed by atoms with Crippen LogP contribution in [0.5, 0.6) is 0 Å². The first kappa shape index (κ1) is 9.26. The summed E-state index contributed by atoms with van der Waals surface area (Å²) in [6.45, 7) is 0.450. The van der Waals surface area contributed by atoms with Crippen molar-refractivity contribution < 1.29 is 14.8 Å². The van der Waals surface area contributed by atoms with Crippen LogP contribution in [0.2, 0.25) is 0 Å². The molecule has 0 aliphatic carbocycles. The lowest BCUT2D eigenvalue weighted by molar-refractivity contribution is -0.914. The molecule has 0 aromatic carbocycles.